The van der Waals surface area contributed by atoms with Crippen molar-refractivity contribution in [2.24, 2.45) is 11.3 Å². The lowest BCUT2D eigenvalue weighted by Gasteiger charge is -2.51. The summed E-state index contributed by atoms with van der Waals surface area (Å²) in [5.74, 6) is 0.351. The Morgan fingerprint density at radius 1 is 1.05 bits per heavy atom. The lowest BCUT2D eigenvalue weighted by molar-refractivity contribution is -0.167. The minimum absolute atomic E-state index is 0.0182. The van der Waals surface area contributed by atoms with E-state index in [1.165, 1.54) is 16.7 Å². The molecule has 5 aliphatic rings. The predicted octanol–water partition coefficient (Wildman–Crippen LogP) is 2.86. The summed E-state index contributed by atoms with van der Waals surface area (Å²) < 4.78 is 51.9. The minimum atomic E-state index is -4.55. The van der Waals surface area contributed by atoms with E-state index in [1.807, 2.05) is 0 Å². The van der Waals surface area contributed by atoms with Crippen LogP contribution in [0.25, 0.3) is 5.52 Å². The van der Waals surface area contributed by atoms with Crippen molar-refractivity contribution in [3.63, 3.8) is 0 Å². The fourth-order valence-corrected chi connectivity index (χ4v) is 8.31. The average molecular weight is 564 g/mol. The van der Waals surface area contributed by atoms with Gasteiger partial charge in [-0.05, 0) is 64.6 Å². The monoisotopic (exact) mass is 563 g/mol. The molecular formula is C28H40F3N7O2. The van der Waals surface area contributed by atoms with Crippen LogP contribution < -0.4 is 21.4 Å². The largest absolute Gasteiger partial charge is 0.418 e. The standard InChI is InChI=1S/C28H40F3N7O2/c1-34-11-20-6-7-21(12-34)38(20)22-9-23(28(29,30)31)24-14-36(26(39)37(24)13-22)19-5-3-4-18(8-19)27(15-40-16-27)10-25-33-32-17-35(25)2/h9,13-14,18-21,25,32-33H,3-8,10-12,15-17H2,1-2H3. The highest BCUT2D eigenvalue weighted by Crippen LogP contribution is 2.49. The molecule has 9 nitrogen and oxygen atoms in total. The van der Waals surface area contributed by atoms with Crippen molar-refractivity contribution in [2.75, 3.05) is 52.0 Å². The molecule has 4 aliphatic heterocycles. The van der Waals surface area contributed by atoms with Gasteiger partial charge < -0.3 is 14.5 Å². The number of hydrogen-bond acceptors (Lipinski definition) is 7. The Hall–Kier alpha value is -2.12. The molecule has 0 spiro atoms. The number of halogens is 3. The van der Waals surface area contributed by atoms with Gasteiger partial charge in [0.05, 0.1) is 42.8 Å². The van der Waals surface area contributed by atoms with Crippen LogP contribution in [0, 0.1) is 11.3 Å². The number of aromatic nitrogens is 2. The lowest BCUT2D eigenvalue weighted by atomic mass is 9.64. The molecule has 5 unspecified atom stereocenters. The third kappa shape index (κ3) is 4.38. The van der Waals surface area contributed by atoms with E-state index in [0.29, 0.717) is 24.8 Å². The SMILES string of the molecule is CN1CC2CCC(C1)N2c1cc(C(F)(F)F)c2cn(C3CCCC(C4(CC5NNCN5C)COC4)C3)c(=O)n2c1. The van der Waals surface area contributed by atoms with Crippen LogP contribution in [0.1, 0.15) is 56.6 Å². The number of pyridine rings is 1. The minimum Gasteiger partial charge on any atom is -0.380 e. The van der Waals surface area contributed by atoms with Crippen molar-refractivity contribution < 1.29 is 17.9 Å². The van der Waals surface area contributed by atoms with Gasteiger partial charge in [0.2, 0.25) is 0 Å². The first-order valence-corrected chi connectivity index (χ1v) is 14.7. The zero-order valence-corrected chi connectivity index (χ0v) is 23.3. The molecule has 4 saturated heterocycles. The number of nitrogens with zero attached hydrogens (tertiary/aromatic N) is 5. The Bertz CT molecular complexity index is 1310. The van der Waals surface area contributed by atoms with Crippen LogP contribution >= 0.6 is 0 Å². The van der Waals surface area contributed by atoms with Crippen LogP contribution in [0.4, 0.5) is 18.9 Å². The molecule has 40 heavy (non-hydrogen) atoms. The molecule has 12 heteroatoms. The van der Waals surface area contributed by atoms with Crippen LogP contribution in [0.15, 0.2) is 23.3 Å². The van der Waals surface area contributed by atoms with Crippen molar-refractivity contribution in [1.29, 1.82) is 0 Å². The fourth-order valence-electron chi connectivity index (χ4n) is 8.31. The number of hydrazine groups is 1. The van der Waals surface area contributed by atoms with Crippen molar-refractivity contribution in [3.8, 4) is 0 Å². The normalized spacial score (nSPS) is 33.1. The third-order valence-electron chi connectivity index (χ3n) is 10.5. The molecule has 2 N–H and O–H groups in total. The van der Waals surface area contributed by atoms with Gasteiger partial charge in [0, 0.05) is 49.0 Å². The second-order valence-corrected chi connectivity index (χ2v) is 13.0. The third-order valence-corrected chi connectivity index (χ3v) is 10.5. The summed E-state index contributed by atoms with van der Waals surface area (Å²) in [6, 6.07) is 1.49. The van der Waals surface area contributed by atoms with E-state index < -0.39 is 11.7 Å². The molecular weight excluding hydrogens is 523 g/mol. The Kier molecular flexibility index (Phi) is 6.50. The smallest absolute Gasteiger partial charge is 0.380 e. The van der Waals surface area contributed by atoms with Gasteiger partial charge in [-0.15, -0.1) is 0 Å². The van der Waals surface area contributed by atoms with Crippen molar-refractivity contribution in [1.82, 2.24) is 29.6 Å². The maximum absolute atomic E-state index is 14.4. The Morgan fingerprint density at radius 2 is 1.80 bits per heavy atom. The zero-order valence-electron chi connectivity index (χ0n) is 23.3. The number of ether oxygens (including phenoxy) is 1. The van der Waals surface area contributed by atoms with E-state index in [9.17, 15) is 18.0 Å². The number of rotatable bonds is 5. The first-order valence-electron chi connectivity index (χ1n) is 14.7. The van der Waals surface area contributed by atoms with Gasteiger partial charge in [-0.3, -0.25) is 13.9 Å². The summed E-state index contributed by atoms with van der Waals surface area (Å²) in [5, 5.41) is 0. The quantitative estimate of drug-likeness (QED) is 0.580. The second kappa shape index (κ2) is 9.72. The number of alkyl halides is 3. The summed E-state index contributed by atoms with van der Waals surface area (Å²) in [4.78, 5) is 20.4. The van der Waals surface area contributed by atoms with E-state index in [2.05, 4.69) is 39.6 Å². The maximum Gasteiger partial charge on any atom is 0.418 e. The highest BCUT2D eigenvalue weighted by Gasteiger charge is 2.49. The number of likely N-dealkylation sites (N-methyl/N-ethyl adjacent to an activating group) is 1. The van der Waals surface area contributed by atoms with E-state index >= 15 is 0 Å². The predicted molar refractivity (Wildman–Crippen MR) is 145 cm³/mol. The number of likely N-dealkylation sites (tertiary alicyclic amines) is 1. The molecule has 2 bridgehead atoms. The molecule has 2 aromatic rings. The van der Waals surface area contributed by atoms with Gasteiger partial charge in [-0.25, -0.2) is 15.6 Å². The molecule has 5 fully saturated rings. The Balaban J connectivity index is 1.22. The van der Waals surface area contributed by atoms with Gasteiger partial charge in [0.15, 0.2) is 0 Å². The van der Waals surface area contributed by atoms with Crippen molar-refractivity contribution in [3.05, 3.63) is 34.5 Å². The van der Waals surface area contributed by atoms with E-state index in [1.54, 1.807) is 10.8 Å². The molecule has 6 heterocycles. The van der Waals surface area contributed by atoms with Gasteiger partial charge >= 0.3 is 11.9 Å². The van der Waals surface area contributed by atoms with Crippen LogP contribution in [-0.4, -0.2) is 84.1 Å². The van der Waals surface area contributed by atoms with Gasteiger partial charge in [-0.1, -0.05) is 6.42 Å². The molecule has 0 amide bonds. The lowest BCUT2D eigenvalue weighted by Crippen LogP contribution is -2.54. The summed E-state index contributed by atoms with van der Waals surface area (Å²) in [7, 11) is 4.15. The number of nitrogens with one attached hydrogen (secondary N) is 2. The summed E-state index contributed by atoms with van der Waals surface area (Å²) >= 11 is 0. The number of fused-ring (bicyclic) bond motifs is 3. The van der Waals surface area contributed by atoms with Crippen LogP contribution in [0.5, 0.6) is 0 Å². The average Bonchev–Trinajstić information content (AvgIpc) is 3.53. The first kappa shape index (κ1) is 26.8. The molecule has 1 saturated carbocycles. The molecule has 7 rings (SSSR count). The summed E-state index contributed by atoms with van der Waals surface area (Å²) in [6.45, 7) is 3.81. The van der Waals surface area contributed by atoms with Gasteiger partial charge in [0.25, 0.3) is 0 Å². The van der Waals surface area contributed by atoms with Crippen molar-refractivity contribution >= 4 is 11.2 Å². The molecule has 1 aliphatic carbocycles. The van der Waals surface area contributed by atoms with Crippen LogP contribution in [0.2, 0.25) is 0 Å². The number of anilines is 1. The highest BCUT2D eigenvalue weighted by molar-refractivity contribution is 5.63. The highest BCUT2D eigenvalue weighted by atomic mass is 19.4. The number of hydrogen-bond donors (Lipinski definition) is 2. The first-order chi connectivity index (χ1) is 19.1. The molecule has 2 aromatic heterocycles. The molecule has 5 atom stereocenters. The number of imidazole rings is 1. The summed E-state index contributed by atoms with van der Waals surface area (Å²) in [6.07, 6.45) is 5.23. The van der Waals surface area contributed by atoms with E-state index in [0.717, 1.165) is 64.7 Å². The van der Waals surface area contributed by atoms with Crippen molar-refractivity contribution in [2.45, 2.75) is 75.4 Å². The topological polar surface area (TPSA) is 69.4 Å². The van der Waals surface area contributed by atoms with Crippen LogP contribution in [0.3, 0.4) is 0 Å². The Morgan fingerprint density at radius 3 is 2.42 bits per heavy atom. The van der Waals surface area contributed by atoms with Crippen LogP contribution in [-0.2, 0) is 10.9 Å². The number of piperazine rings is 1. The summed E-state index contributed by atoms with van der Waals surface area (Å²) in [5.41, 5.74) is 5.94. The fraction of sp³-hybridized carbons (Fsp3) is 0.750. The Labute approximate surface area is 232 Å². The second-order valence-electron chi connectivity index (χ2n) is 13.0. The molecule has 0 aromatic carbocycles. The maximum atomic E-state index is 14.4. The van der Waals surface area contributed by atoms with Gasteiger partial charge in [-0.2, -0.15) is 13.2 Å². The van der Waals surface area contributed by atoms with E-state index in [4.69, 9.17) is 4.74 Å². The van der Waals surface area contributed by atoms with E-state index in [-0.39, 0.29) is 40.9 Å². The molecule has 220 valence electrons. The molecule has 0 radical (unpaired) electrons. The zero-order chi connectivity index (χ0) is 27.8. The van der Waals surface area contributed by atoms with Gasteiger partial charge in [0.1, 0.15) is 0 Å².